The Labute approximate surface area is 147 Å². The summed E-state index contributed by atoms with van der Waals surface area (Å²) >= 11 is 0. The van der Waals surface area contributed by atoms with Crippen LogP contribution >= 0.6 is 0 Å². The molecule has 0 radical (unpaired) electrons. The Morgan fingerprint density at radius 1 is 1.27 bits per heavy atom. The number of rotatable bonds is 3. The van der Waals surface area contributed by atoms with Crippen LogP contribution in [0.25, 0.3) is 0 Å². The van der Waals surface area contributed by atoms with Crippen LogP contribution in [0.15, 0.2) is 46.4 Å². The van der Waals surface area contributed by atoms with Gasteiger partial charge in [0.05, 0.1) is 5.69 Å². The Morgan fingerprint density at radius 2 is 1.96 bits per heavy atom. The number of aromatic carboxylic acids is 1. The predicted molar refractivity (Wildman–Crippen MR) is 92.9 cm³/mol. The molecule has 2 N–H and O–H groups in total. The number of benzene rings is 1. The molecule has 0 saturated carbocycles. The lowest BCUT2D eigenvalue weighted by atomic mass is 10.0. The molecule has 26 heavy (non-hydrogen) atoms. The van der Waals surface area contributed by atoms with E-state index in [1.807, 2.05) is 0 Å². The summed E-state index contributed by atoms with van der Waals surface area (Å²) in [7, 11) is 0. The van der Waals surface area contributed by atoms with Gasteiger partial charge in [0.15, 0.2) is 5.82 Å². The van der Waals surface area contributed by atoms with Crippen LogP contribution in [-0.4, -0.2) is 37.5 Å². The molecule has 3 rings (SSSR count). The molecule has 0 fully saturated rings. The number of amides is 1. The van der Waals surface area contributed by atoms with Crippen molar-refractivity contribution < 1.29 is 19.8 Å². The SMILES string of the molecule is CC1CCC(=NN(C(=O)O)c2ccccc2)c2ncc(C(=O)O)c(=O)n21. The second-order valence-corrected chi connectivity index (χ2v) is 5.84. The Balaban J connectivity index is 2.14. The number of fused-ring (bicyclic) bond motifs is 1. The molecule has 1 amide bonds. The van der Waals surface area contributed by atoms with Gasteiger partial charge in [0.25, 0.3) is 5.56 Å². The van der Waals surface area contributed by atoms with E-state index >= 15 is 0 Å². The van der Waals surface area contributed by atoms with Crippen molar-refractivity contribution in [2.24, 2.45) is 5.10 Å². The van der Waals surface area contributed by atoms with Crippen molar-refractivity contribution in [2.75, 3.05) is 5.01 Å². The fourth-order valence-electron chi connectivity index (χ4n) is 2.82. The number of carboxylic acids is 1. The average molecular weight is 356 g/mol. The third-order valence-corrected chi connectivity index (χ3v) is 4.12. The van der Waals surface area contributed by atoms with Gasteiger partial charge in [-0.15, -0.1) is 0 Å². The van der Waals surface area contributed by atoms with Gasteiger partial charge in [-0.3, -0.25) is 9.36 Å². The normalized spacial score (nSPS) is 17.6. The van der Waals surface area contributed by atoms with Crippen LogP contribution in [0.5, 0.6) is 0 Å². The molecule has 0 aliphatic carbocycles. The standard InChI is InChI=1S/C17H16N4O5/c1-10-7-8-13(14-18-9-12(16(23)24)15(22)20(10)14)19-21(17(25)26)11-5-3-2-4-6-11/h2-6,9-10H,7-8H2,1H3,(H,23,24)(H,25,26). The van der Waals surface area contributed by atoms with Crippen LogP contribution in [0.2, 0.25) is 0 Å². The van der Waals surface area contributed by atoms with E-state index < -0.39 is 23.2 Å². The van der Waals surface area contributed by atoms with E-state index in [-0.39, 0.29) is 11.9 Å². The minimum Gasteiger partial charge on any atom is -0.477 e. The number of hydrogen-bond donors (Lipinski definition) is 2. The third-order valence-electron chi connectivity index (χ3n) is 4.12. The number of hydrazone groups is 1. The van der Waals surface area contributed by atoms with Gasteiger partial charge in [0.2, 0.25) is 0 Å². The number of carbonyl (C=O) groups is 2. The molecule has 2 heterocycles. The maximum absolute atomic E-state index is 12.5. The Morgan fingerprint density at radius 3 is 2.58 bits per heavy atom. The highest BCUT2D eigenvalue weighted by Crippen LogP contribution is 2.23. The number of para-hydroxylation sites is 1. The Bertz CT molecular complexity index is 951. The Hall–Kier alpha value is -3.49. The van der Waals surface area contributed by atoms with Gasteiger partial charge in [0.1, 0.15) is 11.3 Å². The van der Waals surface area contributed by atoms with Crippen LogP contribution in [0.1, 0.15) is 42.0 Å². The first-order chi connectivity index (χ1) is 12.4. The van der Waals surface area contributed by atoms with Crippen molar-refractivity contribution in [3.8, 4) is 0 Å². The molecule has 1 aliphatic rings. The molecule has 0 spiro atoms. The minimum absolute atomic E-state index is 0.181. The highest BCUT2D eigenvalue weighted by molar-refractivity contribution is 6.01. The van der Waals surface area contributed by atoms with Gasteiger partial charge in [-0.05, 0) is 31.9 Å². The molecule has 1 atom stereocenters. The van der Waals surface area contributed by atoms with E-state index in [1.54, 1.807) is 37.3 Å². The fourth-order valence-corrected chi connectivity index (χ4v) is 2.82. The zero-order valence-corrected chi connectivity index (χ0v) is 13.9. The number of hydrogen-bond acceptors (Lipinski definition) is 5. The smallest absolute Gasteiger partial charge is 0.432 e. The van der Waals surface area contributed by atoms with Crippen LogP contribution in [0.4, 0.5) is 10.5 Å². The molecule has 1 aliphatic heterocycles. The lowest BCUT2D eigenvalue weighted by Gasteiger charge is -2.26. The third kappa shape index (κ3) is 3.06. The van der Waals surface area contributed by atoms with E-state index in [9.17, 15) is 19.5 Å². The van der Waals surface area contributed by atoms with Gasteiger partial charge in [0, 0.05) is 12.2 Å². The topological polar surface area (TPSA) is 125 Å². The fraction of sp³-hybridized carbons (Fsp3) is 0.235. The van der Waals surface area contributed by atoms with Crippen LogP contribution < -0.4 is 10.6 Å². The first-order valence-electron chi connectivity index (χ1n) is 7.91. The number of carboxylic acid groups (broad SMARTS) is 2. The van der Waals surface area contributed by atoms with Crippen LogP contribution in [0, 0.1) is 0 Å². The monoisotopic (exact) mass is 356 g/mol. The van der Waals surface area contributed by atoms with Crippen molar-refractivity contribution in [1.82, 2.24) is 9.55 Å². The van der Waals surface area contributed by atoms with Crippen molar-refractivity contribution in [3.05, 3.63) is 58.3 Å². The summed E-state index contributed by atoms with van der Waals surface area (Å²) in [6.07, 6.45) is 0.631. The van der Waals surface area contributed by atoms with Gasteiger partial charge in [-0.25, -0.2) is 14.6 Å². The van der Waals surface area contributed by atoms with Gasteiger partial charge in [-0.1, -0.05) is 18.2 Å². The van der Waals surface area contributed by atoms with Crippen molar-refractivity contribution in [2.45, 2.75) is 25.8 Å². The number of aromatic nitrogens is 2. The van der Waals surface area contributed by atoms with Crippen molar-refractivity contribution in [1.29, 1.82) is 0 Å². The zero-order valence-electron chi connectivity index (χ0n) is 13.9. The summed E-state index contributed by atoms with van der Waals surface area (Å²) in [5.41, 5.74) is -0.449. The highest BCUT2D eigenvalue weighted by Gasteiger charge is 2.28. The lowest BCUT2D eigenvalue weighted by Crippen LogP contribution is -2.38. The second-order valence-electron chi connectivity index (χ2n) is 5.84. The zero-order chi connectivity index (χ0) is 18.8. The van der Waals surface area contributed by atoms with Crippen LogP contribution in [0.3, 0.4) is 0 Å². The van der Waals surface area contributed by atoms with Gasteiger partial charge < -0.3 is 10.2 Å². The first kappa shape index (κ1) is 17.3. The molecule has 1 aromatic carbocycles. The van der Waals surface area contributed by atoms with Gasteiger partial charge in [-0.2, -0.15) is 10.1 Å². The maximum atomic E-state index is 12.5. The summed E-state index contributed by atoms with van der Waals surface area (Å²) < 4.78 is 1.26. The maximum Gasteiger partial charge on any atom is 0.432 e. The molecular weight excluding hydrogens is 340 g/mol. The predicted octanol–water partition coefficient (Wildman–Crippen LogP) is 2.18. The van der Waals surface area contributed by atoms with E-state index in [2.05, 4.69) is 10.1 Å². The summed E-state index contributed by atoms with van der Waals surface area (Å²) in [6.45, 7) is 1.78. The van der Waals surface area contributed by atoms with E-state index in [1.165, 1.54) is 4.57 Å². The van der Waals surface area contributed by atoms with E-state index in [0.717, 1.165) is 11.2 Å². The number of nitrogens with zero attached hydrogens (tertiary/aromatic N) is 4. The first-order valence-corrected chi connectivity index (χ1v) is 7.91. The summed E-state index contributed by atoms with van der Waals surface area (Å²) in [5, 5.41) is 23.6. The van der Waals surface area contributed by atoms with Crippen molar-refractivity contribution in [3.63, 3.8) is 0 Å². The Kier molecular flexibility index (Phi) is 4.53. The van der Waals surface area contributed by atoms with Crippen LogP contribution in [-0.2, 0) is 0 Å². The van der Waals surface area contributed by atoms with Gasteiger partial charge >= 0.3 is 12.1 Å². The molecule has 1 aromatic heterocycles. The largest absolute Gasteiger partial charge is 0.477 e. The molecule has 2 aromatic rings. The highest BCUT2D eigenvalue weighted by atomic mass is 16.4. The number of anilines is 1. The summed E-state index contributed by atoms with van der Waals surface area (Å²) in [6, 6.07) is 8.05. The van der Waals surface area contributed by atoms with E-state index in [0.29, 0.717) is 24.2 Å². The minimum atomic E-state index is -1.36. The molecule has 9 heteroatoms. The summed E-state index contributed by atoms with van der Waals surface area (Å²) in [4.78, 5) is 39.3. The molecule has 134 valence electrons. The lowest BCUT2D eigenvalue weighted by molar-refractivity contribution is 0.0693. The quantitative estimate of drug-likeness (QED) is 0.812. The molecule has 9 nitrogen and oxygen atoms in total. The average Bonchev–Trinajstić information content (AvgIpc) is 2.61. The van der Waals surface area contributed by atoms with Crippen molar-refractivity contribution >= 4 is 23.5 Å². The molecule has 0 saturated heterocycles. The molecular formula is C17H16N4O5. The summed E-state index contributed by atoms with van der Waals surface area (Å²) in [5.74, 6) is -1.17. The second kappa shape index (κ2) is 6.79. The molecule has 1 unspecified atom stereocenters. The molecule has 0 bridgehead atoms. The van der Waals surface area contributed by atoms with E-state index in [4.69, 9.17) is 5.11 Å².